The number of hydrogen-bond acceptors (Lipinski definition) is 1. The molecule has 22 heavy (non-hydrogen) atoms. The molecule has 0 aliphatic rings. The highest BCUT2D eigenvalue weighted by atomic mass is 35.5. The Morgan fingerprint density at radius 2 is 1.64 bits per heavy atom. The van der Waals surface area contributed by atoms with E-state index in [1.165, 1.54) is 11.1 Å². The first-order chi connectivity index (χ1) is 10.5. The van der Waals surface area contributed by atoms with Crippen LogP contribution in [0.1, 0.15) is 37.8 Å². The molecule has 0 aromatic heterocycles. The van der Waals surface area contributed by atoms with Gasteiger partial charge in [0.15, 0.2) is 0 Å². The highest BCUT2D eigenvalue weighted by Crippen LogP contribution is 2.26. The predicted molar refractivity (Wildman–Crippen MR) is 98.4 cm³/mol. The summed E-state index contributed by atoms with van der Waals surface area (Å²) in [4.78, 5) is 0. The van der Waals surface area contributed by atoms with Crippen molar-refractivity contribution < 1.29 is 0 Å². The summed E-state index contributed by atoms with van der Waals surface area (Å²) in [6.07, 6.45) is 1.13. The smallest absolute Gasteiger partial charge is 0.0652 e. The van der Waals surface area contributed by atoms with Crippen LogP contribution >= 0.6 is 23.2 Å². The third kappa shape index (κ3) is 4.93. The van der Waals surface area contributed by atoms with E-state index in [2.05, 4.69) is 50.4 Å². The Balaban J connectivity index is 1.95. The lowest BCUT2D eigenvalue weighted by Crippen LogP contribution is -2.10. The van der Waals surface area contributed by atoms with Crippen LogP contribution in [0.4, 0.5) is 5.69 Å². The Morgan fingerprint density at radius 1 is 0.955 bits per heavy atom. The second-order valence-corrected chi connectivity index (χ2v) is 7.09. The molecular weight excluding hydrogens is 313 g/mol. The Kier molecular flexibility index (Phi) is 6.16. The van der Waals surface area contributed by atoms with Gasteiger partial charge in [0.1, 0.15) is 0 Å². The van der Waals surface area contributed by atoms with Gasteiger partial charge in [-0.25, -0.2) is 0 Å². The van der Waals surface area contributed by atoms with Gasteiger partial charge in [-0.05, 0) is 47.6 Å². The predicted octanol–water partition coefficient (Wildman–Crippen LogP) is 6.41. The molecule has 0 aliphatic heterocycles. The molecule has 0 heterocycles. The Labute approximate surface area is 143 Å². The zero-order valence-corrected chi connectivity index (χ0v) is 14.9. The number of nitrogens with one attached hydrogen (secondary N) is 1. The molecule has 1 unspecified atom stereocenters. The van der Waals surface area contributed by atoms with E-state index in [4.69, 9.17) is 23.2 Å². The number of benzene rings is 2. The number of anilines is 1. The topological polar surface area (TPSA) is 12.0 Å². The molecule has 0 bridgehead atoms. The summed E-state index contributed by atoms with van der Waals surface area (Å²) in [5.41, 5.74) is 3.67. The van der Waals surface area contributed by atoms with Crippen LogP contribution in [0.3, 0.4) is 0 Å². The van der Waals surface area contributed by atoms with E-state index in [9.17, 15) is 0 Å². The summed E-state index contributed by atoms with van der Waals surface area (Å²) in [5, 5.41) is 4.71. The zero-order valence-electron chi connectivity index (χ0n) is 13.4. The van der Waals surface area contributed by atoms with Gasteiger partial charge in [-0.15, -0.1) is 0 Å². The first kappa shape index (κ1) is 17.2. The van der Waals surface area contributed by atoms with E-state index in [1.807, 2.05) is 12.1 Å². The molecule has 2 aromatic rings. The normalized spacial score (nSPS) is 12.5. The van der Waals surface area contributed by atoms with E-state index >= 15 is 0 Å². The SMILES string of the molecule is CC(C)Cc1ccc(C(C)CNc2ccc(Cl)cc2Cl)cc1. The van der Waals surface area contributed by atoms with Gasteiger partial charge in [0.05, 0.1) is 10.7 Å². The van der Waals surface area contributed by atoms with E-state index in [-0.39, 0.29) is 0 Å². The molecule has 2 aromatic carbocycles. The summed E-state index contributed by atoms with van der Waals surface area (Å²) in [6.45, 7) is 7.55. The maximum Gasteiger partial charge on any atom is 0.0652 e. The second-order valence-electron chi connectivity index (χ2n) is 6.25. The van der Waals surface area contributed by atoms with Gasteiger partial charge in [-0.1, -0.05) is 68.2 Å². The van der Waals surface area contributed by atoms with Gasteiger partial charge in [-0.2, -0.15) is 0 Å². The van der Waals surface area contributed by atoms with Crippen molar-refractivity contribution in [2.24, 2.45) is 5.92 Å². The second kappa shape index (κ2) is 7.89. The molecule has 0 aliphatic carbocycles. The monoisotopic (exact) mass is 335 g/mol. The summed E-state index contributed by atoms with van der Waals surface area (Å²) < 4.78 is 0. The summed E-state index contributed by atoms with van der Waals surface area (Å²) in [5.74, 6) is 1.11. The molecule has 0 fully saturated rings. The van der Waals surface area contributed by atoms with E-state index in [1.54, 1.807) is 6.07 Å². The summed E-state index contributed by atoms with van der Waals surface area (Å²) in [7, 11) is 0. The molecule has 0 amide bonds. The number of rotatable bonds is 6. The average molecular weight is 336 g/mol. The van der Waals surface area contributed by atoms with Crippen LogP contribution in [0.5, 0.6) is 0 Å². The van der Waals surface area contributed by atoms with Gasteiger partial charge >= 0.3 is 0 Å². The first-order valence-corrected chi connectivity index (χ1v) is 8.49. The van der Waals surface area contributed by atoms with Crippen molar-refractivity contribution in [1.29, 1.82) is 0 Å². The van der Waals surface area contributed by atoms with Crippen LogP contribution in [0.15, 0.2) is 42.5 Å². The van der Waals surface area contributed by atoms with Gasteiger partial charge < -0.3 is 5.32 Å². The number of hydrogen-bond donors (Lipinski definition) is 1. The Bertz CT molecular complexity index is 605. The molecule has 1 N–H and O–H groups in total. The molecule has 0 spiro atoms. The van der Waals surface area contributed by atoms with Crippen LogP contribution in [0.25, 0.3) is 0 Å². The molecular formula is C19H23Cl2N. The fourth-order valence-corrected chi connectivity index (χ4v) is 2.94. The summed E-state index contributed by atoms with van der Waals surface area (Å²) >= 11 is 12.1. The summed E-state index contributed by atoms with van der Waals surface area (Å²) in [6, 6.07) is 14.5. The van der Waals surface area contributed by atoms with Crippen LogP contribution in [0, 0.1) is 5.92 Å². The molecule has 3 heteroatoms. The van der Waals surface area contributed by atoms with Crippen molar-refractivity contribution in [3.8, 4) is 0 Å². The third-order valence-corrected chi connectivity index (χ3v) is 4.27. The fourth-order valence-electron chi connectivity index (χ4n) is 2.47. The maximum atomic E-state index is 6.18. The van der Waals surface area contributed by atoms with Gasteiger partial charge in [0, 0.05) is 11.6 Å². The largest absolute Gasteiger partial charge is 0.383 e. The van der Waals surface area contributed by atoms with Gasteiger partial charge in [-0.3, -0.25) is 0 Å². The van der Waals surface area contributed by atoms with E-state index in [0.29, 0.717) is 21.9 Å². The molecule has 0 saturated carbocycles. The lowest BCUT2D eigenvalue weighted by atomic mass is 9.97. The van der Waals surface area contributed by atoms with Gasteiger partial charge in [0.25, 0.3) is 0 Å². The van der Waals surface area contributed by atoms with E-state index < -0.39 is 0 Å². The minimum absolute atomic E-state index is 0.417. The van der Waals surface area contributed by atoms with Crippen molar-refractivity contribution in [2.75, 3.05) is 11.9 Å². The minimum Gasteiger partial charge on any atom is -0.383 e. The fraction of sp³-hybridized carbons (Fsp3) is 0.368. The van der Waals surface area contributed by atoms with Gasteiger partial charge in [0.2, 0.25) is 0 Å². The van der Waals surface area contributed by atoms with Crippen molar-refractivity contribution in [2.45, 2.75) is 33.1 Å². The maximum absolute atomic E-state index is 6.18. The van der Waals surface area contributed by atoms with Crippen LogP contribution < -0.4 is 5.32 Å². The number of halogens is 2. The molecule has 0 saturated heterocycles. The average Bonchev–Trinajstić information content (AvgIpc) is 2.46. The Morgan fingerprint density at radius 3 is 2.23 bits per heavy atom. The molecule has 0 radical (unpaired) electrons. The van der Waals surface area contributed by atoms with Crippen molar-refractivity contribution in [3.63, 3.8) is 0 Å². The lowest BCUT2D eigenvalue weighted by molar-refractivity contribution is 0.647. The molecule has 118 valence electrons. The lowest BCUT2D eigenvalue weighted by Gasteiger charge is -2.16. The quantitative estimate of drug-likeness (QED) is 0.643. The molecule has 1 atom stereocenters. The Hall–Kier alpha value is -1.18. The highest BCUT2D eigenvalue weighted by molar-refractivity contribution is 6.36. The third-order valence-electron chi connectivity index (χ3n) is 3.72. The van der Waals surface area contributed by atoms with Crippen LogP contribution in [-0.4, -0.2) is 6.54 Å². The zero-order chi connectivity index (χ0) is 16.1. The first-order valence-electron chi connectivity index (χ1n) is 7.73. The molecule has 1 nitrogen and oxygen atoms in total. The van der Waals surface area contributed by atoms with Crippen LogP contribution in [0.2, 0.25) is 10.0 Å². The van der Waals surface area contributed by atoms with Crippen LogP contribution in [-0.2, 0) is 6.42 Å². The standard InChI is InChI=1S/C19H23Cl2N/c1-13(2)10-15-4-6-16(7-5-15)14(3)12-22-19-9-8-17(20)11-18(19)21/h4-9,11,13-14,22H,10,12H2,1-3H3. The van der Waals surface area contributed by atoms with Crippen molar-refractivity contribution >= 4 is 28.9 Å². The molecule has 2 rings (SSSR count). The minimum atomic E-state index is 0.417. The van der Waals surface area contributed by atoms with E-state index in [0.717, 1.165) is 18.7 Å². The van der Waals surface area contributed by atoms with Crippen molar-refractivity contribution in [3.05, 3.63) is 63.6 Å². The highest BCUT2D eigenvalue weighted by Gasteiger charge is 2.08. The van der Waals surface area contributed by atoms with Crippen molar-refractivity contribution in [1.82, 2.24) is 0 Å².